The molecule has 0 aliphatic heterocycles. The lowest BCUT2D eigenvalue weighted by atomic mass is 10.1. The first-order valence-electron chi connectivity index (χ1n) is 4.89. The number of nitrogens with two attached hydrogens (primary N) is 1. The van der Waals surface area contributed by atoms with E-state index in [0.717, 1.165) is 11.1 Å². The monoisotopic (exact) mass is 252 g/mol. The predicted molar refractivity (Wildman–Crippen MR) is 62.5 cm³/mol. The molecule has 0 aliphatic carbocycles. The highest BCUT2D eigenvalue weighted by atomic mass is 32.2. The molecule has 7 heteroatoms. The Balaban J connectivity index is 2.55. The highest BCUT2D eigenvalue weighted by molar-refractivity contribution is 7.89. The molecule has 0 radical (unpaired) electrons. The van der Waals surface area contributed by atoms with Crippen LogP contribution in [0.15, 0.2) is 29.4 Å². The Kier molecular flexibility index (Phi) is 2.72. The summed E-state index contributed by atoms with van der Waals surface area (Å²) >= 11 is 0. The average molecular weight is 252 g/mol. The van der Waals surface area contributed by atoms with Gasteiger partial charge in [-0.05, 0) is 6.92 Å². The molecule has 1 aromatic carbocycles. The smallest absolute Gasteiger partial charge is 0.273 e. The van der Waals surface area contributed by atoms with Gasteiger partial charge in [-0.1, -0.05) is 29.8 Å². The largest absolute Gasteiger partial charge is 0.300 e. The zero-order valence-electron chi connectivity index (χ0n) is 9.45. The zero-order chi connectivity index (χ0) is 12.6. The lowest BCUT2D eigenvalue weighted by Gasteiger charge is -2.02. The molecule has 1 heterocycles. The molecule has 2 rings (SSSR count). The van der Waals surface area contributed by atoms with E-state index >= 15 is 0 Å². The third-order valence-corrected chi connectivity index (χ3v) is 3.26. The van der Waals surface area contributed by atoms with E-state index < -0.39 is 10.0 Å². The molecule has 6 nitrogen and oxygen atoms in total. The molecule has 0 bridgehead atoms. The fourth-order valence-corrected chi connectivity index (χ4v) is 2.14. The van der Waals surface area contributed by atoms with Gasteiger partial charge in [-0.25, -0.2) is 13.6 Å². The van der Waals surface area contributed by atoms with Gasteiger partial charge in [0.2, 0.25) is 0 Å². The molecule has 90 valence electrons. The number of primary sulfonamides is 1. The van der Waals surface area contributed by atoms with Crippen LogP contribution in [0.2, 0.25) is 0 Å². The van der Waals surface area contributed by atoms with Crippen LogP contribution in [0.25, 0.3) is 11.4 Å². The summed E-state index contributed by atoms with van der Waals surface area (Å²) in [5.41, 5.74) is 1.91. The lowest BCUT2D eigenvalue weighted by molar-refractivity contribution is 0.580. The average Bonchev–Trinajstić information content (AvgIpc) is 2.61. The van der Waals surface area contributed by atoms with Crippen LogP contribution in [-0.2, 0) is 17.1 Å². The fraction of sp³-hybridized carbons (Fsp3) is 0.200. The van der Waals surface area contributed by atoms with Gasteiger partial charge in [0.15, 0.2) is 5.82 Å². The molecular formula is C10H12N4O2S. The SMILES string of the molecule is Cc1ccc(-c2nnc(S(N)(=O)=O)n2C)cc1. The van der Waals surface area contributed by atoms with Gasteiger partial charge in [0, 0.05) is 12.6 Å². The summed E-state index contributed by atoms with van der Waals surface area (Å²) in [5.74, 6) is 0.467. The first-order chi connectivity index (χ1) is 7.89. The number of aryl methyl sites for hydroxylation is 1. The summed E-state index contributed by atoms with van der Waals surface area (Å²) in [5, 5.41) is 12.2. The van der Waals surface area contributed by atoms with Crippen LogP contribution in [0.4, 0.5) is 0 Å². The molecule has 0 fully saturated rings. The van der Waals surface area contributed by atoms with Crippen LogP contribution in [0, 0.1) is 6.92 Å². The van der Waals surface area contributed by atoms with Crippen molar-refractivity contribution in [2.45, 2.75) is 12.1 Å². The van der Waals surface area contributed by atoms with Gasteiger partial charge in [0.25, 0.3) is 15.2 Å². The predicted octanol–water partition coefficient (Wildman–Crippen LogP) is 0.438. The van der Waals surface area contributed by atoms with Crippen LogP contribution in [0.3, 0.4) is 0 Å². The van der Waals surface area contributed by atoms with Crippen molar-refractivity contribution >= 4 is 10.0 Å². The summed E-state index contributed by atoms with van der Waals surface area (Å²) in [7, 11) is -2.28. The molecule has 0 saturated carbocycles. The van der Waals surface area contributed by atoms with Gasteiger partial charge in [-0.15, -0.1) is 10.2 Å². The normalized spacial score (nSPS) is 11.7. The van der Waals surface area contributed by atoms with Crippen molar-refractivity contribution < 1.29 is 8.42 Å². The van der Waals surface area contributed by atoms with Crippen LogP contribution in [-0.4, -0.2) is 23.2 Å². The number of aromatic nitrogens is 3. The first kappa shape index (κ1) is 11.7. The van der Waals surface area contributed by atoms with Gasteiger partial charge in [0.1, 0.15) is 0 Å². The minimum absolute atomic E-state index is 0.243. The van der Waals surface area contributed by atoms with E-state index in [2.05, 4.69) is 10.2 Å². The van der Waals surface area contributed by atoms with Crippen molar-refractivity contribution in [2.24, 2.45) is 12.2 Å². The highest BCUT2D eigenvalue weighted by Gasteiger charge is 2.19. The van der Waals surface area contributed by atoms with Gasteiger partial charge >= 0.3 is 0 Å². The molecule has 0 aliphatic rings. The second-order valence-electron chi connectivity index (χ2n) is 3.78. The van der Waals surface area contributed by atoms with E-state index in [1.54, 1.807) is 7.05 Å². The molecule has 2 aromatic rings. The second kappa shape index (κ2) is 3.94. The molecular weight excluding hydrogens is 240 g/mol. The van der Waals surface area contributed by atoms with Gasteiger partial charge in [-0.2, -0.15) is 0 Å². The van der Waals surface area contributed by atoms with E-state index in [4.69, 9.17) is 5.14 Å². The Morgan fingerprint density at radius 2 is 1.76 bits per heavy atom. The van der Waals surface area contributed by atoms with Crippen molar-refractivity contribution in [2.75, 3.05) is 0 Å². The third-order valence-electron chi connectivity index (χ3n) is 2.40. The van der Waals surface area contributed by atoms with Crippen molar-refractivity contribution in [3.8, 4) is 11.4 Å². The number of rotatable bonds is 2. The molecule has 0 saturated heterocycles. The number of benzene rings is 1. The number of sulfonamides is 1. The van der Waals surface area contributed by atoms with Gasteiger partial charge < -0.3 is 0 Å². The zero-order valence-corrected chi connectivity index (χ0v) is 10.3. The summed E-state index contributed by atoms with van der Waals surface area (Å²) in [6.07, 6.45) is 0. The Hall–Kier alpha value is -1.73. The molecule has 1 aromatic heterocycles. The molecule has 17 heavy (non-hydrogen) atoms. The maximum absolute atomic E-state index is 11.2. The van der Waals surface area contributed by atoms with Crippen molar-refractivity contribution in [1.29, 1.82) is 0 Å². The minimum Gasteiger partial charge on any atom is -0.300 e. The molecule has 0 amide bonds. The topological polar surface area (TPSA) is 90.9 Å². The molecule has 2 N–H and O–H groups in total. The van der Waals surface area contributed by atoms with Crippen molar-refractivity contribution in [3.63, 3.8) is 0 Å². The first-order valence-corrected chi connectivity index (χ1v) is 6.43. The third kappa shape index (κ3) is 2.20. The number of hydrogen-bond acceptors (Lipinski definition) is 4. The fourth-order valence-electron chi connectivity index (χ4n) is 1.52. The van der Waals surface area contributed by atoms with E-state index in [1.165, 1.54) is 4.57 Å². The Bertz CT molecular complexity index is 643. The van der Waals surface area contributed by atoms with Crippen LogP contribution in [0.5, 0.6) is 0 Å². The summed E-state index contributed by atoms with van der Waals surface area (Å²) in [4.78, 5) is 0. The van der Waals surface area contributed by atoms with E-state index in [1.807, 2.05) is 31.2 Å². The standard InChI is InChI=1S/C10H12N4O2S/c1-7-3-5-8(6-4-7)9-12-13-10(14(9)2)17(11,15)16/h3-6H,1-2H3,(H2,11,15,16). The van der Waals surface area contributed by atoms with Gasteiger partial charge in [-0.3, -0.25) is 4.57 Å². The van der Waals surface area contributed by atoms with Crippen LogP contribution >= 0.6 is 0 Å². The Labute approximate surface area is 99.1 Å². The molecule has 0 atom stereocenters. The minimum atomic E-state index is -3.84. The molecule has 0 spiro atoms. The maximum atomic E-state index is 11.2. The summed E-state index contributed by atoms with van der Waals surface area (Å²) in [6, 6.07) is 7.54. The lowest BCUT2D eigenvalue weighted by Crippen LogP contribution is -2.17. The number of nitrogens with zero attached hydrogens (tertiary/aromatic N) is 3. The van der Waals surface area contributed by atoms with Gasteiger partial charge in [0.05, 0.1) is 0 Å². The van der Waals surface area contributed by atoms with E-state index in [0.29, 0.717) is 5.82 Å². The van der Waals surface area contributed by atoms with Crippen molar-refractivity contribution in [1.82, 2.24) is 14.8 Å². The Morgan fingerprint density at radius 1 is 1.18 bits per heavy atom. The summed E-state index contributed by atoms with van der Waals surface area (Å²) in [6.45, 7) is 1.97. The summed E-state index contributed by atoms with van der Waals surface area (Å²) < 4.78 is 23.8. The number of hydrogen-bond donors (Lipinski definition) is 1. The van der Waals surface area contributed by atoms with Crippen molar-refractivity contribution in [3.05, 3.63) is 29.8 Å². The molecule has 0 unspecified atom stereocenters. The van der Waals surface area contributed by atoms with E-state index in [-0.39, 0.29) is 5.16 Å². The Morgan fingerprint density at radius 3 is 2.24 bits per heavy atom. The maximum Gasteiger partial charge on any atom is 0.273 e. The second-order valence-corrected chi connectivity index (χ2v) is 5.23. The highest BCUT2D eigenvalue weighted by Crippen LogP contribution is 2.18. The van der Waals surface area contributed by atoms with Crippen LogP contribution in [0.1, 0.15) is 5.56 Å². The van der Waals surface area contributed by atoms with E-state index in [9.17, 15) is 8.42 Å². The quantitative estimate of drug-likeness (QED) is 0.839. The van der Waals surface area contributed by atoms with Crippen LogP contribution < -0.4 is 5.14 Å².